The van der Waals surface area contributed by atoms with E-state index in [1.165, 1.54) is 14.2 Å². The molecule has 62 valence electrons. The van der Waals surface area contributed by atoms with E-state index in [0.717, 1.165) is 6.21 Å². The Labute approximate surface area is 63.1 Å². The Morgan fingerprint density at radius 3 is 2.55 bits per heavy atom. The molecule has 0 aliphatic heterocycles. The fourth-order valence-electron chi connectivity index (χ4n) is 0.371. The Morgan fingerprint density at radius 1 is 1.55 bits per heavy atom. The molecule has 0 unspecified atom stereocenters. The minimum Gasteiger partial charge on any atom is -0.464 e. The molecule has 0 aliphatic carbocycles. The van der Waals surface area contributed by atoms with E-state index >= 15 is 0 Å². The Bertz CT molecular complexity index is 187. The van der Waals surface area contributed by atoms with Crippen molar-refractivity contribution in [3.8, 4) is 0 Å². The molecule has 6 nitrogen and oxygen atoms in total. The summed E-state index contributed by atoms with van der Waals surface area (Å²) in [5.41, 5.74) is -0.211. The number of carbonyl (C=O) groups excluding carboxylic acids is 1. The lowest BCUT2D eigenvalue weighted by Gasteiger charge is -1.94. The largest absolute Gasteiger partial charge is 0.464 e. The summed E-state index contributed by atoms with van der Waals surface area (Å²) in [6.07, 6.45) is 0.815. The molecule has 0 aromatic heterocycles. The number of esters is 1. The molecule has 0 atom stereocenters. The maximum Gasteiger partial charge on any atom is 0.361 e. The minimum absolute atomic E-state index is 0.211. The SMILES string of the molecule is CO/N=C(/C=N/O)C(=O)OC. The van der Waals surface area contributed by atoms with Gasteiger partial charge >= 0.3 is 5.97 Å². The van der Waals surface area contributed by atoms with Crippen LogP contribution in [0.5, 0.6) is 0 Å². The molecule has 0 heterocycles. The molecule has 0 radical (unpaired) electrons. The number of rotatable bonds is 3. The lowest BCUT2D eigenvalue weighted by molar-refractivity contribution is -0.132. The molecule has 0 spiro atoms. The second kappa shape index (κ2) is 5.21. The summed E-state index contributed by atoms with van der Waals surface area (Å²) in [5, 5.41) is 13.8. The van der Waals surface area contributed by atoms with Crippen LogP contribution in [0, 0.1) is 0 Å². The van der Waals surface area contributed by atoms with Gasteiger partial charge in [-0.1, -0.05) is 10.3 Å². The summed E-state index contributed by atoms with van der Waals surface area (Å²) >= 11 is 0. The first-order valence-electron chi connectivity index (χ1n) is 2.63. The van der Waals surface area contributed by atoms with Crippen molar-refractivity contribution in [2.45, 2.75) is 0 Å². The van der Waals surface area contributed by atoms with Crippen LogP contribution in [0.4, 0.5) is 0 Å². The quantitative estimate of drug-likeness (QED) is 0.264. The molecule has 1 N–H and O–H groups in total. The van der Waals surface area contributed by atoms with Crippen LogP contribution in [0.2, 0.25) is 0 Å². The number of ether oxygens (including phenoxy) is 1. The van der Waals surface area contributed by atoms with Crippen molar-refractivity contribution in [3.05, 3.63) is 0 Å². The molecular weight excluding hydrogens is 152 g/mol. The molecule has 0 aliphatic rings. The first-order valence-corrected chi connectivity index (χ1v) is 2.63. The van der Waals surface area contributed by atoms with Crippen molar-refractivity contribution in [1.82, 2.24) is 0 Å². The van der Waals surface area contributed by atoms with Crippen molar-refractivity contribution in [1.29, 1.82) is 0 Å². The zero-order valence-corrected chi connectivity index (χ0v) is 6.14. The van der Waals surface area contributed by atoms with Crippen molar-refractivity contribution < 1.29 is 19.6 Å². The molecule has 0 amide bonds. The highest BCUT2D eigenvalue weighted by atomic mass is 16.6. The third-order valence-corrected chi connectivity index (χ3v) is 0.764. The monoisotopic (exact) mass is 160 g/mol. The number of hydrogen-bond donors (Lipinski definition) is 1. The Hall–Kier alpha value is -1.59. The van der Waals surface area contributed by atoms with Gasteiger partial charge in [0.1, 0.15) is 13.3 Å². The van der Waals surface area contributed by atoms with E-state index in [1.807, 2.05) is 0 Å². The zero-order chi connectivity index (χ0) is 8.69. The van der Waals surface area contributed by atoms with Gasteiger partial charge in [-0.3, -0.25) is 0 Å². The topological polar surface area (TPSA) is 80.5 Å². The van der Waals surface area contributed by atoms with Gasteiger partial charge < -0.3 is 14.8 Å². The molecule has 6 heteroatoms. The van der Waals surface area contributed by atoms with Gasteiger partial charge in [0.2, 0.25) is 5.71 Å². The number of hydrogen-bond acceptors (Lipinski definition) is 6. The molecule has 0 bridgehead atoms. The van der Waals surface area contributed by atoms with Crippen LogP contribution in [0.3, 0.4) is 0 Å². The van der Waals surface area contributed by atoms with Crippen LogP contribution in [-0.2, 0) is 14.4 Å². The van der Waals surface area contributed by atoms with Crippen molar-refractivity contribution >= 4 is 17.9 Å². The summed E-state index contributed by atoms with van der Waals surface area (Å²) in [7, 11) is 2.44. The van der Waals surface area contributed by atoms with Gasteiger partial charge in [0.15, 0.2) is 0 Å². The first kappa shape index (κ1) is 9.41. The maximum atomic E-state index is 10.7. The molecule has 0 aromatic carbocycles. The average molecular weight is 160 g/mol. The van der Waals surface area contributed by atoms with Gasteiger partial charge in [-0.2, -0.15) is 0 Å². The number of methoxy groups -OCH3 is 1. The van der Waals surface area contributed by atoms with Crippen LogP contribution < -0.4 is 0 Å². The zero-order valence-electron chi connectivity index (χ0n) is 6.14. The van der Waals surface area contributed by atoms with Crippen molar-refractivity contribution in [3.63, 3.8) is 0 Å². The predicted octanol–water partition coefficient (Wildman–Crippen LogP) is -0.378. The normalized spacial score (nSPS) is 11.6. The van der Waals surface area contributed by atoms with Crippen LogP contribution >= 0.6 is 0 Å². The van der Waals surface area contributed by atoms with Gasteiger partial charge in [0.05, 0.1) is 7.11 Å². The second-order valence-corrected chi connectivity index (χ2v) is 1.40. The Kier molecular flexibility index (Phi) is 4.46. The average Bonchev–Trinajstić information content (AvgIpc) is 2.03. The fourth-order valence-corrected chi connectivity index (χ4v) is 0.371. The van der Waals surface area contributed by atoms with Crippen molar-refractivity contribution in [2.75, 3.05) is 14.2 Å². The van der Waals surface area contributed by atoms with Crippen LogP contribution in [0.15, 0.2) is 10.3 Å². The molecular formula is C5H8N2O4. The summed E-state index contributed by atoms with van der Waals surface area (Å²) in [4.78, 5) is 14.9. The molecule has 0 aromatic rings. The van der Waals surface area contributed by atoms with E-state index in [-0.39, 0.29) is 5.71 Å². The smallest absolute Gasteiger partial charge is 0.361 e. The lowest BCUT2D eigenvalue weighted by Crippen LogP contribution is -2.17. The number of carbonyl (C=O) groups is 1. The van der Waals surface area contributed by atoms with E-state index in [1.54, 1.807) is 0 Å². The molecule has 0 saturated carbocycles. The highest BCUT2D eigenvalue weighted by molar-refractivity contribution is 6.59. The Morgan fingerprint density at radius 2 is 2.18 bits per heavy atom. The van der Waals surface area contributed by atoms with Gasteiger partial charge in [-0.05, 0) is 0 Å². The fraction of sp³-hybridized carbons (Fsp3) is 0.400. The molecule has 0 rings (SSSR count). The second-order valence-electron chi connectivity index (χ2n) is 1.40. The summed E-state index contributed by atoms with van der Waals surface area (Å²) in [5.74, 6) is -0.732. The van der Waals surface area contributed by atoms with E-state index in [0.29, 0.717) is 0 Å². The highest BCUT2D eigenvalue weighted by Gasteiger charge is 2.09. The van der Waals surface area contributed by atoms with Crippen molar-refractivity contribution in [2.24, 2.45) is 10.3 Å². The minimum atomic E-state index is -0.732. The maximum absolute atomic E-state index is 10.7. The number of nitrogens with zero attached hydrogens (tertiary/aromatic N) is 2. The summed E-state index contributed by atoms with van der Waals surface area (Å²) in [6, 6.07) is 0. The summed E-state index contributed by atoms with van der Waals surface area (Å²) < 4.78 is 4.27. The third-order valence-electron chi connectivity index (χ3n) is 0.764. The standard InChI is InChI=1S/C5H8N2O4/c1-10-5(8)4(3-6-9)7-11-2/h3,9H,1-2H3/b6-3+,7-4-. The molecule has 11 heavy (non-hydrogen) atoms. The highest BCUT2D eigenvalue weighted by Crippen LogP contribution is 1.81. The van der Waals surface area contributed by atoms with E-state index in [4.69, 9.17) is 5.21 Å². The van der Waals surface area contributed by atoms with Crippen LogP contribution in [-0.4, -0.2) is 37.3 Å². The predicted molar refractivity (Wildman–Crippen MR) is 36.7 cm³/mol. The molecule has 0 saturated heterocycles. The van der Waals surface area contributed by atoms with E-state index in [2.05, 4.69) is 19.9 Å². The lowest BCUT2D eigenvalue weighted by atomic mass is 10.4. The van der Waals surface area contributed by atoms with Gasteiger partial charge in [-0.15, -0.1) is 0 Å². The Balaban J connectivity index is 4.34. The first-order chi connectivity index (χ1) is 5.26. The number of oxime groups is 2. The summed E-state index contributed by atoms with van der Waals surface area (Å²) in [6.45, 7) is 0. The molecule has 0 fully saturated rings. The van der Waals surface area contributed by atoms with Gasteiger partial charge in [-0.25, -0.2) is 4.79 Å². The van der Waals surface area contributed by atoms with Gasteiger partial charge in [0, 0.05) is 0 Å². The van der Waals surface area contributed by atoms with Crippen LogP contribution in [0.1, 0.15) is 0 Å². The third kappa shape index (κ3) is 3.19. The van der Waals surface area contributed by atoms with E-state index < -0.39 is 5.97 Å². The van der Waals surface area contributed by atoms with Gasteiger partial charge in [0.25, 0.3) is 0 Å². The van der Waals surface area contributed by atoms with E-state index in [9.17, 15) is 4.79 Å². The van der Waals surface area contributed by atoms with Crippen LogP contribution in [0.25, 0.3) is 0 Å².